The van der Waals surface area contributed by atoms with Gasteiger partial charge in [-0.3, -0.25) is 4.79 Å². The van der Waals surface area contributed by atoms with Gasteiger partial charge in [-0.2, -0.15) is 0 Å². The van der Waals surface area contributed by atoms with Crippen molar-refractivity contribution in [2.45, 2.75) is 39.2 Å². The lowest BCUT2D eigenvalue weighted by molar-refractivity contribution is -0.135. The Hall–Kier alpha value is -1.62. The van der Waals surface area contributed by atoms with Crippen molar-refractivity contribution in [2.24, 2.45) is 0 Å². The minimum Gasteiger partial charge on any atom is -0.341 e. The predicted molar refractivity (Wildman–Crippen MR) is 87.0 cm³/mol. The van der Waals surface area contributed by atoms with E-state index in [9.17, 15) is 4.79 Å². The molecular formula is C16H21N3OS. The topological polar surface area (TPSA) is 41.0 Å². The van der Waals surface area contributed by atoms with Crippen molar-refractivity contribution >= 4 is 29.2 Å². The summed E-state index contributed by atoms with van der Waals surface area (Å²) >= 11 is 5.43. The maximum Gasteiger partial charge on any atom is 0.245 e. The zero-order valence-corrected chi connectivity index (χ0v) is 13.4. The van der Waals surface area contributed by atoms with Crippen LogP contribution in [0.25, 0.3) is 11.0 Å². The van der Waals surface area contributed by atoms with Gasteiger partial charge >= 0.3 is 0 Å². The molecule has 2 aromatic rings. The number of amides is 1. The van der Waals surface area contributed by atoms with Gasteiger partial charge in [0.25, 0.3) is 0 Å². The van der Waals surface area contributed by atoms with E-state index in [0.29, 0.717) is 4.77 Å². The molecule has 2 heterocycles. The molecule has 1 fully saturated rings. The number of likely N-dealkylation sites (tertiary alicyclic amines) is 1. The molecule has 1 aromatic heterocycles. The van der Waals surface area contributed by atoms with Gasteiger partial charge in [-0.1, -0.05) is 6.07 Å². The molecule has 0 bridgehead atoms. The number of benzene rings is 1. The number of aromatic nitrogens is 2. The minimum atomic E-state index is -0.258. The second-order valence-corrected chi connectivity index (χ2v) is 6.27. The lowest BCUT2D eigenvalue weighted by Gasteiger charge is -2.29. The van der Waals surface area contributed by atoms with Crippen molar-refractivity contribution in [2.75, 3.05) is 13.1 Å². The third kappa shape index (κ3) is 2.62. The third-order valence-electron chi connectivity index (χ3n) is 4.29. The van der Waals surface area contributed by atoms with E-state index in [0.717, 1.165) is 37.0 Å². The molecule has 1 aliphatic heterocycles. The van der Waals surface area contributed by atoms with Crippen molar-refractivity contribution in [1.82, 2.24) is 14.5 Å². The molecule has 1 aliphatic rings. The van der Waals surface area contributed by atoms with E-state index in [1.165, 1.54) is 12.0 Å². The van der Waals surface area contributed by atoms with Crippen molar-refractivity contribution < 1.29 is 4.79 Å². The number of piperidine rings is 1. The van der Waals surface area contributed by atoms with Gasteiger partial charge in [0.15, 0.2) is 4.77 Å². The number of hydrogen-bond donors (Lipinski definition) is 1. The van der Waals surface area contributed by atoms with Crippen molar-refractivity contribution in [1.29, 1.82) is 0 Å². The molecule has 1 atom stereocenters. The summed E-state index contributed by atoms with van der Waals surface area (Å²) in [5, 5.41) is 0. The molecule has 0 saturated carbocycles. The molecule has 0 radical (unpaired) electrons. The first-order valence-corrected chi connectivity index (χ1v) is 7.98. The number of carbonyl (C=O) groups excluding carboxylic acids is 1. The predicted octanol–water partition coefficient (Wildman–Crippen LogP) is 3.58. The molecule has 0 spiro atoms. The SMILES string of the molecule is Cc1ccc2[nH]c(=S)n(C(C)C(=O)N3CCCCC3)c2c1. The molecule has 5 heteroatoms. The Labute approximate surface area is 129 Å². The fourth-order valence-electron chi connectivity index (χ4n) is 3.10. The summed E-state index contributed by atoms with van der Waals surface area (Å²) in [7, 11) is 0. The molecule has 4 nitrogen and oxygen atoms in total. The fraction of sp³-hybridized carbons (Fsp3) is 0.500. The highest BCUT2D eigenvalue weighted by atomic mass is 32.1. The van der Waals surface area contributed by atoms with Crippen molar-refractivity contribution in [3.8, 4) is 0 Å². The number of H-pyrrole nitrogens is 1. The van der Waals surface area contributed by atoms with Crippen molar-refractivity contribution in [3.63, 3.8) is 0 Å². The highest BCUT2D eigenvalue weighted by Gasteiger charge is 2.25. The van der Waals surface area contributed by atoms with E-state index in [-0.39, 0.29) is 11.9 Å². The summed E-state index contributed by atoms with van der Waals surface area (Å²) in [6.45, 7) is 5.75. The van der Waals surface area contributed by atoms with Crippen molar-refractivity contribution in [3.05, 3.63) is 28.5 Å². The van der Waals surface area contributed by atoms with Crippen LogP contribution in [0.4, 0.5) is 0 Å². The Morgan fingerprint density at radius 2 is 2.00 bits per heavy atom. The summed E-state index contributed by atoms with van der Waals surface area (Å²) in [4.78, 5) is 17.9. The molecule has 1 aromatic carbocycles. The Bertz CT molecular complexity index is 725. The molecule has 1 saturated heterocycles. The lowest BCUT2D eigenvalue weighted by Crippen LogP contribution is -2.39. The first-order chi connectivity index (χ1) is 10.1. The van der Waals surface area contributed by atoms with E-state index >= 15 is 0 Å². The average molecular weight is 303 g/mol. The second-order valence-electron chi connectivity index (χ2n) is 5.88. The van der Waals surface area contributed by atoms with Gasteiger partial charge in [0.1, 0.15) is 6.04 Å². The number of nitrogens with zero attached hydrogens (tertiary/aromatic N) is 2. The minimum absolute atomic E-state index is 0.174. The van der Waals surface area contributed by atoms with Crippen LogP contribution in [0.2, 0.25) is 0 Å². The van der Waals surface area contributed by atoms with E-state index in [4.69, 9.17) is 12.2 Å². The highest BCUT2D eigenvalue weighted by Crippen LogP contribution is 2.23. The van der Waals surface area contributed by atoms with Gasteiger partial charge < -0.3 is 14.5 Å². The van der Waals surface area contributed by atoms with Gasteiger partial charge in [-0.25, -0.2) is 0 Å². The van der Waals surface area contributed by atoms with Crippen LogP contribution < -0.4 is 0 Å². The quantitative estimate of drug-likeness (QED) is 0.862. The van der Waals surface area contributed by atoms with Crippen LogP contribution in [-0.4, -0.2) is 33.4 Å². The number of fused-ring (bicyclic) bond motifs is 1. The number of carbonyl (C=O) groups is 1. The van der Waals surface area contributed by atoms with Gasteiger partial charge in [0.05, 0.1) is 11.0 Å². The lowest BCUT2D eigenvalue weighted by atomic mass is 10.1. The van der Waals surface area contributed by atoms with E-state index in [2.05, 4.69) is 24.0 Å². The standard InChI is InChI=1S/C16H21N3OS/c1-11-6-7-13-14(10-11)19(16(21)17-13)12(2)15(20)18-8-4-3-5-9-18/h6-7,10,12H,3-5,8-9H2,1-2H3,(H,17,21). The van der Waals surface area contributed by atoms with Gasteiger partial charge in [0, 0.05) is 13.1 Å². The highest BCUT2D eigenvalue weighted by molar-refractivity contribution is 7.71. The van der Waals surface area contributed by atoms with E-state index in [1.807, 2.05) is 22.5 Å². The zero-order chi connectivity index (χ0) is 15.0. The van der Waals surface area contributed by atoms with Crippen LogP contribution in [-0.2, 0) is 4.79 Å². The maximum atomic E-state index is 12.7. The summed E-state index contributed by atoms with van der Waals surface area (Å²) < 4.78 is 2.57. The molecule has 1 N–H and O–H groups in total. The Morgan fingerprint density at radius 1 is 1.29 bits per heavy atom. The zero-order valence-electron chi connectivity index (χ0n) is 12.6. The van der Waals surface area contributed by atoms with Crippen LogP contribution in [0.15, 0.2) is 18.2 Å². The third-order valence-corrected chi connectivity index (χ3v) is 4.58. The summed E-state index contributed by atoms with van der Waals surface area (Å²) in [5.41, 5.74) is 3.17. The van der Waals surface area contributed by atoms with Crippen LogP contribution >= 0.6 is 12.2 Å². The number of aryl methyl sites for hydroxylation is 1. The molecule has 21 heavy (non-hydrogen) atoms. The first-order valence-electron chi connectivity index (χ1n) is 7.57. The Balaban J connectivity index is 1.98. The average Bonchev–Trinajstić information content (AvgIpc) is 2.82. The van der Waals surface area contributed by atoms with E-state index < -0.39 is 0 Å². The molecule has 3 rings (SSSR count). The smallest absolute Gasteiger partial charge is 0.245 e. The van der Waals surface area contributed by atoms with Crippen LogP contribution in [0.5, 0.6) is 0 Å². The number of imidazole rings is 1. The van der Waals surface area contributed by atoms with E-state index in [1.54, 1.807) is 0 Å². The fourth-order valence-corrected chi connectivity index (χ4v) is 3.47. The molecular weight excluding hydrogens is 282 g/mol. The molecule has 0 aliphatic carbocycles. The second kappa shape index (κ2) is 5.64. The first kappa shape index (κ1) is 14.3. The number of hydrogen-bond acceptors (Lipinski definition) is 2. The largest absolute Gasteiger partial charge is 0.341 e. The van der Waals surface area contributed by atoms with Crippen LogP contribution in [0.3, 0.4) is 0 Å². The molecule has 1 unspecified atom stereocenters. The summed E-state index contributed by atoms with van der Waals surface area (Å²) in [6, 6.07) is 5.90. The number of rotatable bonds is 2. The maximum absolute atomic E-state index is 12.7. The molecule has 112 valence electrons. The summed E-state index contributed by atoms with van der Waals surface area (Å²) in [5.74, 6) is 0.174. The van der Waals surface area contributed by atoms with Gasteiger partial charge in [-0.15, -0.1) is 0 Å². The van der Waals surface area contributed by atoms with Gasteiger partial charge in [-0.05, 0) is 63.0 Å². The van der Waals surface area contributed by atoms with Crippen LogP contribution in [0, 0.1) is 11.7 Å². The normalized spacial score (nSPS) is 17.1. The monoisotopic (exact) mass is 303 g/mol. The molecule has 1 amide bonds. The summed E-state index contributed by atoms with van der Waals surface area (Å²) in [6.07, 6.45) is 3.44. The number of aromatic amines is 1. The van der Waals surface area contributed by atoms with Gasteiger partial charge in [0.2, 0.25) is 5.91 Å². The Kier molecular flexibility index (Phi) is 3.85. The van der Waals surface area contributed by atoms with Crippen LogP contribution in [0.1, 0.15) is 37.8 Å². The Morgan fingerprint density at radius 3 is 2.71 bits per heavy atom. The number of nitrogens with one attached hydrogen (secondary N) is 1.